The molecule has 3 heteroatoms. The van der Waals surface area contributed by atoms with E-state index in [0.29, 0.717) is 0 Å². The summed E-state index contributed by atoms with van der Waals surface area (Å²) in [6.45, 7) is 5.91. The monoisotopic (exact) mass is 354 g/mol. The first kappa shape index (κ1) is 24.1. The van der Waals surface area contributed by atoms with Crippen molar-refractivity contribution in [3.8, 4) is 0 Å². The molecule has 0 aromatic rings. The van der Waals surface area contributed by atoms with Crippen LogP contribution in [0.5, 0.6) is 0 Å². The minimum Gasteiger partial charge on any atom is -0.462 e. The van der Waals surface area contributed by atoms with Gasteiger partial charge in [-0.25, -0.2) is 0 Å². The van der Waals surface area contributed by atoms with E-state index in [-0.39, 0.29) is 24.3 Å². The van der Waals surface area contributed by atoms with Crippen LogP contribution in [0.25, 0.3) is 0 Å². The first-order chi connectivity index (χ1) is 12.1. The van der Waals surface area contributed by atoms with Crippen LogP contribution in [0.4, 0.5) is 0 Å². The topological polar surface area (TPSA) is 43.4 Å². The summed E-state index contributed by atoms with van der Waals surface area (Å²) in [5.74, 6) is -0.453. The van der Waals surface area contributed by atoms with E-state index >= 15 is 0 Å². The number of unbranched alkanes of at least 4 members (excludes halogenated alkanes) is 11. The molecule has 0 aliphatic rings. The summed E-state index contributed by atoms with van der Waals surface area (Å²) in [6, 6.07) is 0. The standard InChI is InChI=1S/C22H42O3/c1-4-6-8-10-12-14-16-18-21(25-22(24)19-20(3)23)17-15-13-11-9-7-5-2/h21H,4-19H2,1-3H3. The number of hydrogen-bond acceptors (Lipinski definition) is 3. The SMILES string of the molecule is CCCCCCCCCC(CCCCCCCC)OC(=O)CC(C)=O. The van der Waals surface area contributed by atoms with E-state index in [4.69, 9.17) is 4.74 Å². The zero-order valence-corrected chi connectivity index (χ0v) is 17.1. The van der Waals surface area contributed by atoms with Crippen molar-refractivity contribution in [1.82, 2.24) is 0 Å². The number of carbonyl (C=O) groups excluding carboxylic acids is 2. The van der Waals surface area contributed by atoms with Crippen molar-refractivity contribution in [3.63, 3.8) is 0 Å². The van der Waals surface area contributed by atoms with E-state index in [9.17, 15) is 9.59 Å². The molecule has 0 amide bonds. The molecule has 0 fully saturated rings. The van der Waals surface area contributed by atoms with Gasteiger partial charge in [-0.15, -0.1) is 0 Å². The molecule has 148 valence electrons. The maximum atomic E-state index is 11.8. The Kier molecular flexibility index (Phi) is 17.3. The zero-order valence-electron chi connectivity index (χ0n) is 17.1. The Morgan fingerprint density at radius 2 is 1.08 bits per heavy atom. The average molecular weight is 355 g/mol. The van der Waals surface area contributed by atoms with Crippen LogP contribution in [-0.4, -0.2) is 17.9 Å². The van der Waals surface area contributed by atoms with Crippen molar-refractivity contribution < 1.29 is 14.3 Å². The van der Waals surface area contributed by atoms with Gasteiger partial charge in [0.15, 0.2) is 0 Å². The largest absolute Gasteiger partial charge is 0.462 e. The minimum atomic E-state index is -0.341. The fourth-order valence-electron chi connectivity index (χ4n) is 3.17. The van der Waals surface area contributed by atoms with Gasteiger partial charge >= 0.3 is 5.97 Å². The normalized spacial score (nSPS) is 12.1. The van der Waals surface area contributed by atoms with E-state index < -0.39 is 0 Å². The number of Topliss-reactive ketones (excluding diaryl/α,β-unsaturated/α-hetero) is 1. The van der Waals surface area contributed by atoms with Gasteiger partial charge in [0.05, 0.1) is 0 Å². The van der Waals surface area contributed by atoms with E-state index in [1.165, 1.54) is 77.6 Å². The van der Waals surface area contributed by atoms with Crippen molar-refractivity contribution in [2.24, 2.45) is 0 Å². The summed E-state index contributed by atoms with van der Waals surface area (Å²) >= 11 is 0. The number of ketones is 1. The Hall–Kier alpha value is -0.860. The highest BCUT2D eigenvalue weighted by molar-refractivity contribution is 5.94. The third-order valence-corrected chi connectivity index (χ3v) is 4.70. The summed E-state index contributed by atoms with van der Waals surface area (Å²) in [4.78, 5) is 22.9. The zero-order chi connectivity index (χ0) is 18.8. The molecule has 25 heavy (non-hydrogen) atoms. The second-order valence-corrected chi connectivity index (χ2v) is 7.46. The maximum absolute atomic E-state index is 11.8. The van der Waals surface area contributed by atoms with Crippen LogP contribution in [0.1, 0.15) is 124 Å². The molecular weight excluding hydrogens is 312 g/mol. The molecule has 0 N–H and O–H groups in total. The van der Waals surface area contributed by atoms with Crippen LogP contribution < -0.4 is 0 Å². The van der Waals surface area contributed by atoms with Crippen molar-refractivity contribution in [2.45, 2.75) is 130 Å². The third-order valence-electron chi connectivity index (χ3n) is 4.70. The average Bonchev–Trinajstić information content (AvgIpc) is 2.56. The molecule has 0 bridgehead atoms. The lowest BCUT2D eigenvalue weighted by Gasteiger charge is -2.18. The Morgan fingerprint density at radius 1 is 0.680 bits per heavy atom. The van der Waals surface area contributed by atoms with E-state index in [1.54, 1.807) is 0 Å². The fraction of sp³-hybridized carbons (Fsp3) is 0.909. The second-order valence-electron chi connectivity index (χ2n) is 7.46. The molecule has 0 aliphatic heterocycles. The van der Waals surface area contributed by atoms with Gasteiger partial charge in [0.1, 0.15) is 18.3 Å². The molecule has 0 aliphatic carbocycles. The van der Waals surface area contributed by atoms with Crippen LogP contribution in [0.15, 0.2) is 0 Å². The first-order valence-electron chi connectivity index (χ1n) is 10.8. The number of rotatable bonds is 18. The summed E-state index contributed by atoms with van der Waals surface area (Å²) in [5.41, 5.74) is 0. The Balaban J connectivity index is 3.98. The molecule has 0 rings (SSSR count). The van der Waals surface area contributed by atoms with Gasteiger partial charge < -0.3 is 4.74 Å². The number of esters is 1. The number of ether oxygens (including phenoxy) is 1. The molecule has 1 unspecified atom stereocenters. The van der Waals surface area contributed by atoms with Crippen molar-refractivity contribution in [1.29, 1.82) is 0 Å². The highest BCUT2D eigenvalue weighted by Crippen LogP contribution is 2.17. The Bertz CT molecular complexity index is 325. The quantitative estimate of drug-likeness (QED) is 0.155. The number of carbonyl (C=O) groups is 2. The smallest absolute Gasteiger partial charge is 0.313 e. The van der Waals surface area contributed by atoms with Gasteiger partial charge in [-0.1, -0.05) is 84.5 Å². The van der Waals surface area contributed by atoms with Crippen LogP contribution in [0.2, 0.25) is 0 Å². The van der Waals surface area contributed by atoms with E-state index in [2.05, 4.69) is 13.8 Å². The minimum absolute atomic E-state index is 0.00802. The van der Waals surface area contributed by atoms with Gasteiger partial charge in [-0.2, -0.15) is 0 Å². The van der Waals surface area contributed by atoms with Gasteiger partial charge in [-0.3, -0.25) is 9.59 Å². The lowest BCUT2D eigenvalue weighted by atomic mass is 10.0. The second kappa shape index (κ2) is 17.9. The molecule has 0 spiro atoms. The lowest BCUT2D eigenvalue weighted by Crippen LogP contribution is -2.20. The highest BCUT2D eigenvalue weighted by atomic mass is 16.5. The molecule has 0 aromatic heterocycles. The molecule has 3 nitrogen and oxygen atoms in total. The Morgan fingerprint density at radius 3 is 1.48 bits per heavy atom. The van der Waals surface area contributed by atoms with Crippen molar-refractivity contribution in [2.75, 3.05) is 0 Å². The number of hydrogen-bond donors (Lipinski definition) is 0. The highest BCUT2D eigenvalue weighted by Gasteiger charge is 2.15. The van der Waals surface area contributed by atoms with E-state index in [0.717, 1.165) is 25.7 Å². The van der Waals surface area contributed by atoms with Crippen LogP contribution in [0.3, 0.4) is 0 Å². The molecule has 0 heterocycles. The molecule has 0 radical (unpaired) electrons. The van der Waals surface area contributed by atoms with Crippen molar-refractivity contribution >= 4 is 11.8 Å². The van der Waals surface area contributed by atoms with Gasteiger partial charge in [-0.05, 0) is 32.6 Å². The van der Waals surface area contributed by atoms with Gasteiger partial charge in [0.2, 0.25) is 0 Å². The predicted molar refractivity (Wildman–Crippen MR) is 106 cm³/mol. The molecular formula is C22H42O3. The fourth-order valence-corrected chi connectivity index (χ4v) is 3.17. The first-order valence-corrected chi connectivity index (χ1v) is 10.8. The molecule has 0 aromatic carbocycles. The van der Waals surface area contributed by atoms with Gasteiger partial charge in [0, 0.05) is 0 Å². The van der Waals surface area contributed by atoms with Crippen LogP contribution in [0, 0.1) is 0 Å². The van der Waals surface area contributed by atoms with E-state index in [1.807, 2.05) is 0 Å². The summed E-state index contributed by atoms with van der Waals surface area (Å²) in [7, 11) is 0. The summed E-state index contributed by atoms with van der Waals surface area (Å²) in [6.07, 6.45) is 18.3. The molecule has 1 atom stereocenters. The summed E-state index contributed by atoms with van der Waals surface area (Å²) in [5, 5.41) is 0. The Labute approximate surface area is 156 Å². The lowest BCUT2D eigenvalue weighted by molar-refractivity contribution is -0.151. The van der Waals surface area contributed by atoms with Crippen molar-refractivity contribution in [3.05, 3.63) is 0 Å². The third kappa shape index (κ3) is 17.7. The summed E-state index contributed by atoms with van der Waals surface area (Å²) < 4.78 is 5.57. The predicted octanol–water partition coefficient (Wildman–Crippen LogP) is 6.77. The molecule has 0 saturated heterocycles. The van der Waals surface area contributed by atoms with Gasteiger partial charge in [0.25, 0.3) is 0 Å². The van der Waals surface area contributed by atoms with Crippen LogP contribution in [-0.2, 0) is 14.3 Å². The van der Waals surface area contributed by atoms with Crippen LogP contribution >= 0.6 is 0 Å². The maximum Gasteiger partial charge on any atom is 0.313 e. The molecule has 0 saturated carbocycles.